The van der Waals surface area contributed by atoms with Crippen LogP contribution in [0.4, 0.5) is 0 Å². The Hall–Kier alpha value is -0.900. The van der Waals surface area contributed by atoms with Crippen molar-refractivity contribution in [3.8, 4) is 0 Å². The molecule has 2 rings (SSSR count). The number of likely N-dealkylation sites (N-methyl/N-ethyl adjacent to an activating group) is 1. The van der Waals surface area contributed by atoms with Crippen molar-refractivity contribution in [2.75, 3.05) is 39.3 Å². The van der Waals surface area contributed by atoms with E-state index in [1.807, 2.05) is 0 Å². The molecule has 0 amide bonds. The Bertz CT molecular complexity index is 450. The summed E-state index contributed by atoms with van der Waals surface area (Å²) in [6.07, 6.45) is 0. The lowest BCUT2D eigenvalue weighted by molar-refractivity contribution is 0.113. The molecule has 1 saturated heterocycles. The van der Waals surface area contributed by atoms with Gasteiger partial charge in [0.25, 0.3) is 0 Å². The smallest absolute Gasteiger partial charge is 0.0476 e. The molecule has 23 heavy (non-hydrogen) atoms. The number of piperazine rings is 1. The van der Waals surface area contributed by atoms with Gasteiger partial charge in [0, 0.05) is 38.3 Å². The van der Waals surface area contributed by atoms with Crippen LogP contribution in [0.25, 0.3) is 0 Å². The standard InChI is InChI=1S/C20H35N3/c1-6-22(7-2)15-20(23-13-12-21-17(5)14-23)19-10-8-18(9-11-19)16(3)4/h8-11,16-17,20-21H,6-7,12-15H2,1-5H3. The molecule has 1 aliphatic rings. The molecular weight excluding hydrogens is 282 g/mol. The van der Waals surface area contributed by atoms with E-state index in [2.05, 4.69) is 74.0 Å². The van der Waals surface area contributed by atoms with Gasteiger partial charge in [0.2, 0.25) is 0 Å². The third kappa shape index (κ3) is 5.03. The third-order valence-electron chi connectivity index (χ3n) is 5.15. The first-order chi connectivity index (χ1) is 11.0. The molecule has 1 fully saturated rings. The number of benzene rings is 1. The Morgan fingerprint density at radius 2 is 1.74 bits per heavy atom. The van der Waals surface area contributed by atoms with Gasteiger partial charge in [-0.25, -0.2) is 0 Å². The van der Waals surface area contributed by atoms with Crippen molar-refractivity contribution in [2.24, 2.45) is 0 Å². The fourth-order valence-corrected chi connectivity index (χ4v) is 3.51. The number of hydrogen-bond donors (Lipinski definition) is 1. The molecule has 0 saturated carbocycles. The first-order valence-electron chi connectivity index (χ1n) is 9.34. The molecule has 0 spiro atoms. The number of nitrogens with one attached hydrogen (secondary N) is 1. The second kappa shape index (κ2) is 8.81. The Morgan fingerprint density at radius 3 is 2.26 bits per heavy atom. The molecule has 0 radical (unpaired) electrons. The lowest BCUT2D eigenvalue weighted by atomic mass is 9.97. The zero-order valence-corrected chi connectivity index (χ0v) is 15.7. The summed E-state index contributed by atoms with van der Waals surface area (Å²) in [4.78, 5) is 5.22. The van der Waals surface area contributed by atoms with Crippen LogP contribution >= 0.6 is 0 Å². The maximum atomic E-state index is 3.57. The van der Waals surface area contributed by atoms with Crippen LogP contribution in [0.2, 0.25) is 0 Å². The quantitative estimate of drug-likeness (QED) is 0.830. The maximum absolute atomic E-state index is 3.57. The van der Waals surface area contributed by atoms with E-state index in [1.54, 1.807) is 0 Å². The van der Waals surface area contributed by atoms with Crippen LogP contribution < -0.4 is 5.32 Å². The first kappa shape index (κ1) is 18.4. The van der Waals surface area contributed by atoms with Crippen LogP contribution in [0.3, 0.4) is 0 Å². The highest BCUT2D eigenvalue weighted by Gasteiger charge is 2.26. The van der Waals surface area contributed by atoms with Gasteiger partial charge in [-0.2, -0.15) is 0 Å². The van der Waals surface area contributed by atoms with Crippen molar-refractivity contribution in [1.82, 2.24) is 15.1 Å². The van der Waals surface area contributed by atoms with Gasteiger partial charge < -0.3 is 10.2 Å². The van der Waals surface area contributed by atoms with Gasteiger partial charge in [-0.15, -0.1) is 0 Å². The van der Waals surface area contributed by atoms with Crippen molar-refractivity contribution in [3.05, 3.63) is 35.4 Å². The van der Waals surface area contributed by atoms with Crippen LogP contribution in [-0.2, 0) is 0 Å². The van der Waals surface area contributed by atoms with E-state index in [0.717, 1.165) is 39.3 Å². The number of rotatable bonds is 7. The second-order valence-corrected chi connectivity index (χ2v) is 7.17. The van der Waals surface area contributed by atoms with Crippen LogP contribution in [-0.4, -0.2) is 55.1 Å². The lowest BCUT2D eigenvalue weighted by Gasteiger charge is -2.40. The Morgan fingerprint density at radius 1 is 1.13 bits per heavy atom. The predicted molar refractivity (Wildman–Crippen MR) is 100 cm³/mol. The molecule has 0 aromatic heterocycles. The molecule has 1 heterocycles. The van der Waals surface area contributed by atoms with Gasteiger partial charge >= 0.3 is 0 Å². The monoisotopic (exact) mass is 317 g/mol. The Kier molecular flexibility index (Phi) is 7.07. The van der Waals surface area contributed by atoms with Gasteiger partial charge in [0.05, 0.1) is 0 Å². The minimum atomic E-state index is 0.501. The molecule has 3 heteroatoms. The highest BCUT2D eigenvalue weighted by molar-refractivity contribution is 5.27. The average Bonchev–Trinajstić information content (AvgIpc) is 2.56. The normalized spacial score (nSPS) is 21.1. The molecular formula is C20H35N3. The van der Waals surface area contributed by atoms with Gasteiger partial charge in [-0.05, 0) is 37.1 Å². The van der Waals surface area contributed by atoms with Gasteiger partial charge in [0.15, 0.2) is 0 Å². The Balaban J connectivity index is 2.20. The van der Waals surface area contributed by atoms with Crippen molar-refractivity contribution in [1.29, 1.82) is 0 Å². The second-order valence-electron chi connectivity index (χ2n) is 7.17. The van der Waals surface area contributed by atoms with E-state index >= 15 is 0 Å². The van der Waals surface area contributed by atoms with E-state index in [-0.39, 0.29) is 0 Å². The minimum absolute atomic E-state index is 0.501. The molecule has 0 bridgehead atoms. The largest absolute Gasteiger partial charge is 0.312 e. The van der Waals surface area contributed by atoms with Crippen molar-refractivity contribution in [3.63, 3.8) is 0 Å². The van der Waals surface area contributed by atoms with E-state index in [4.69, 9.17) is 0 Å². The SMILES string of the molecule is CCN(CC)CC(c1ccc(C(C)C)cc1)N1CCNC(C)C1. The van der Waals surface area contributed by atoms with Crippen molar-refractivity contribution < 1.29 is 0 Å². The van der Waals surface area contributed by atoms with Crippen LogP contribution in [0.5, 0.6) is 0 Å². The molecule has 0 aliphatic carbocycles. The van der Waals surface area contributed by atoms with Gasteiger partial charge in [0.1, 0.15) is 0 Å². The summed E-state index contributed by atoms with van der Waals surface area (Å²) in [5.74, 6) is 0.601. The zero-order chi connectivity index (χ0) is 16.8. The third-order valence-corrected chi connectivity index (χ3v) is 5.15. The summed E-state index contributed by atoms with van der Waals surface area (Å²) in [6, 6.07) is 10.4. The van der Waals surface area contributed by atoms with Gasteiger partial charge in [-0.1, -0.05) is 52.0 Å². The van der Waals surface area contributed by atoms with Gasteiger partial charge in [-0.3, -0.25) is 4.90 Å². The molecule has 1 aromatic carbocycles. The van der Waals surface area contributed by atoms with Crippen LogP contribution in [0.15, 0.2) is 24.3 Å². The minimum Gasteiger partial charge on any atom is -0.312 e. The highest BCUT2D eigenvalue weighted by atomic mass is 15.3. The van der Waals surface area contributed by atoms with E-state index in [9.17, 15) is 0 Å². The summed E-state index contributed by atoms with van der Waals surface area (Å²) in [6.45, 7) is 18.1. The topological polar surface area (TPSA) is 18.5 Å². The molecule has 130 valence electrons. The van der Waals surface area contributed by atoms with Crippen molar-refractivity contribution in [2.45, 2.75) is 52.6 Å². The highest BCUT2D eigenvalue weighted by Crippen LogP contribution is 2.25. The van der Waals surface area contributed by atoms with Crippen molar-refractivity contribution >= 4 is 0 Å². The maximum Gasteiger partial charge on any atom is 0.0476 e. The molecule has 1 N–H and O–H groups in total. The molecule has 1 aliphatic heterocycles. The molecule has 1 aromatic rings. The fraction of sp³-hybridized carbons (Fsp3) is 0.700. The summed E-state index contributed by atoms with van der Waals surface area (Å²) in [5, 5.41) is 3.57. The summed E-state index contributed by atoms with van der Waals surface area (Å²) >= 11 is 0. The van der Waals surface area contributed by atoms with Crippen LogP contribution in [0.1, 0.15) is 57.7 Å². The summed E-state index contributed by atoms with van der Waals surface area (Å²) < 4.78 is 0. The van der Waals surface area contributed by atoms with E-state index < -0.39 is 0 Å². The van der Waals surface area contributed by atoms with E-state index in [0.29, 0.717) is 18.0 Å². The molecule has 2 unspecified atom stereocenters. The first-order valence-corrected chi connectivity index (χ1v) is 9.34. The van der Waals surface area contributed by atoms with E-state index in [1.165, 1.54) is 11.1 Å². The average molecular weight is 318 g/mol. The fourth-order valence-electron chi connectivity index (χ4n) is 3.51. The van der Waals surface area contributed by atoms with Crippen LogP contribution in [0, 0.1) is 0 Å². The molecule has 3 nitrogen and oxygen atoms in total. The predicted octanol–water partition coefficient (Wildman–Crippen LogP) is 3.49. The molecule has 2 atom stereocenters. The lowest BCUT2D eigenvalue weighted by Crippen LogP contribution is -2.52. The Labute approximate surface area is 143 Å². The zero-order valence-electron chi connectivity index (χ0n) is 15.7. The number of nitrogens with zero attached hydrogens (tertiary/aromatic N) is 2. The number of hydrogen-bond acceptors (Lipinski definition) is 3. The summed E-state index contributed by atoms with van der Waals surface area (Å²) in [7, 11) is 0. The summed E-state index contributed by atoms with van der Waals surface area (Å²) in [5.41, 5.74) is 2.90.